The van der Waals surface area contributed by atoms with Crippen molar-refractivity contribution in [3.8, 4) is 11.8 Å². The van der Waals surface area contributed by atoms with Gasteiger partial charge in [0.15, 0.2) is 6.29 Å². The van der Waals surface area contributed by atoms with Crippen molar-refractivity contribution in [1.29, 1.82) is 0 Å². The first-order valence-corrected chi connectivity index (χ1v) is 9.37. The molecular weight excluding hydrogens is 340 g/mol. The Morgan fingerprint density at radius 2 is 2.07 bits per heavy atom. The summed E-state index contributed by atoms with van der Waals surface area (Å²) in [5.74, 6) is 7.37. The number of aliphatic imine (C=N–C) groups is 1. The van der Waals surface area contributed by atoms with Gasteiger partial charge in [0.25, 0.3) is 0 Å². The SMILES string of the molecule is Cc1ccc(C#CC2CC2)cc1N=C(N)/C=N\NCC1OCC(C)(C)CO1. The Balaban J connectivity index is 1.52. The zero-order valence-electron chi connectivity index (χ0n) is 16.3. The molecule has 1 aliphatic heterocycles. The largest absolute Gasteiger partial charge is 0.382 e. The molecule has 6 heteroatoms. The van der Waals surface area contributed by atoms with Crippen LogP contribution >= 0.6 is 0 Å². The van der Waals surface area contributed by atoms with Crippen molar-refractivity contribution in [3.05, 3.63) is 29.3 Å². The maximum atomic E-state index is 5.97. The van der Waals surface area contributed by atoms with Crippen LogP contribution in [0.2, 0.25) is 0 Å². The number of hydrazone groups is 1. The molecule has 0 radical (unpaired) electrons. The first kappa shape index (κ1) is 19.4. The van der Waals surface area contributed by atoms with E-state index in [2.05, 4.69) is 41.2 Å². The van der Waals surface area contributed by atoms with Gasteiger partial charge in [-0.05, 0) is 37.5 Å². The van der Waals surface area contributed by atoms with Gasteiger partial charge < -0.3 is 20.6 Å². The molecular formula is C21H28N4O2. The summed E-state index contributed by atoms with van der Waals surface area (Å²) in [5.41, 5.74) is 11.8. The van der Waals surface area contributed by atoms with E-state index >= 15 is 0 Å². The van der Waals surface area contributed by atoms with Crippen LogP contribution in [0.5, 0.6) is 0 Å². The lowest BCUT2D eigenvalue weighted by molar-refractivity contribution is -0.218. The molecule has 1 aliphatic carbocycles. The molecule has 0 aromatic heterocycles. The molecule has 0 bridgehead atoms. The molecule has 2 aliphatic rings. The summed E-state index contributed by atoms with van der Waals surface area (Å²) >= 11 is 0. The number of hydrogen-bond acceptors (Lipinski definition) is 5. The topological polar surface area (TPSA) is 81.2 Å². The highest BCUT2D eigenvalue weighted by atomic mass is 16.7. The van der Waals surface area contributed by atoms with E-state index in [0.717, 1.165) is 16.8 Å². The first-order valence-electron chi connectivity index (χ1n) is 9.37. The second-order valence-corrected chi connectivity index (χ2v) is 7.92. The van der Waals surface area contributed by atoms with E-state index < -0.39 is 0 Å². The van der Waals surface area contributed by atoms with Crippen LogP contribution in [-0.4, -0.2) is 38.1 Å². The van der Waals surface area contributed by atoms with Crippen molar-refractivity contribution < 1.29 is 9.47 Å². The summed E-state index contributed by atoms with van der Waals surface area (Å²) in [6.07, 6.45) is 3.64. The van der Waals surface area contributed by atoms with Gasteiger partial charge in [-0.2, -0.15) is 5.10 Å². The maximum Gasteiger partial charge on any atom is 0.176 e. The fraction of sp³-hybridized carbons (Fsp3) is 0.524. The van der Waals surface area contributed by atoms with E-state index in [1.165, 1.54) is 19.1 Å². The first-order chi connectivity index (χ1) is 12.9. The molecule has 3 N–H and O–H groups in total. The summed E-state index contributed by atoms with van der Waals surface area (Å²) < 4.78 is 11.3. The Morgan fingerprint density at radius 3 is 2.78 bits per heavy atom. The number of rotatable bonds is 5. The lowest BCUT2D eigenvalue weighted by atomic mass is 9.96. The highest BCUT2D eigenvalue weighted by molar-refractivity contribution is 6.29. The van der Waals surface area contributed by atoms with E-state index in [1.807, 2.05) is 25.1 Å². The minimum atomic E-state index is -0.294. The summed E-state index contributed by atoms with van der Waals surface area (Å²) in [7, 11) is 0. The van der Waals surface area contributed by atoms with Gasteiger partial charge in [-0.1, -0.05) is 31.8 Å². The number of ether oxygens (including phenoxy) is 2. The predicted octanol–water partition coefficient (Wildman–Crippen LogP) is 2.72. The van der Waals surface area contributed by atoms with Gasteiger partial charge >= 0.3 is 0 Å². The third kappa shape index (κ3) is 6.38. The van der Waals surface area contributed by atoms with E-state index in [4.69, 9.17) is 15.2 Å². The lowest BCUT2D eigenvalue weighted by Crippen LogP contribution is -2.41. The van der Waals surface area contributed by atoms with E-state index in [1.54, 1.807) is 0 Å². The summed E-state index contributed by atoms with van der Waals surface area (Å²) in [4.78, 5) is 4.44. The van der Waals surface area contributed by atoms with Gasteiger partial charge in [0.2, 0.25) is 0 Å². The number of hydrogen-bond donors (Lipinski definition) is 2. The fourth-order valence-corrected chi connectivity index (χ4v) is 2.47. The van der Waals surface area contributed by atoms with Crippen molar-refractivity contribution in [2.45, 2.75) is 39.9 Å². The second-order valence-electron chi connectivity index (χ2n) is 7.92. The van der Waals surface area contributed by atoms with Crippen LogP contribution in [0.3, 0.4) is 0 Å². The average Bonchev–Trinajstić information content (AvgIpc) is 3.45. The fourth-order valence-electron chi connectivity index (χ4n) is 2.47. The minimum Gasteiger partial charge on any atom is -0.382 e. The van der Waals surface area contributed by atoms with Gasteiger partial charge in [0.1, 0.15) is 5.84 Å². The van der Waals surface area contributed by atoms with Crippen LogP contribution in [0.4, 0.5) is 5.69 Å². The summed E-state index contributed by atoms with van der Waals surface area (Å²) in [6.45, 7) is 8.03. The van der Waals surface area contributed by atoms with Crippen LogP contribution in [0.25, 0.3) is 0 Å². The van der Waals surface area contributed by atoms with Gasteiger partial charge in [0, 0.05) is 16.9 Å². The third-order valence-corrected chi connectivity index (χ3v) is 4.32. The Hall–Kier alpha value is -2.36. The number of nitrogens with one attached hydrogen (secondary N) is 1. The Kier molecular flexibility index (Phi) is 6.15. The van der Waals surface area contributed by atoms with Crippen molar-refractivity contribution >= 4 is 17.7 Å². The highest BCUT2D eigenvalue weighted by Crippen LogP contribution is 2.28. The van der Waals surface area contributed by atoms with Gasteiger partial charge in [-0.3, -0.25) is 0 Å². The molecule has 0 atom stereocenters. The summed E-state index contributed by atoms with van der Waals surface area (Å²) in [6, 6.07) is 5.99. The van der Waals surface area contributed by atoms with Crippen molar-refractivity contribution in [2.24, 2.45) is 27.2 Å². The van der Waals surface area contributed by atoms with Gasteiger partial charge in [-0.15, -0.1) is 0 Å². The predicted molar refractivity (Wildman–Crippen MR) is 108 cm³/mol. The van der Waals surface area contributed by atoms with Crippen LogP contribution < -0.4 is 11.2 Å². The average molecular weight is 368 g/mol. The van der Waals surface area contributed by atoms with Crippen molar-refractivity contribution in [3.63, 3.8) is 0 Å². The quantitative estimate of drug-likeness (QED) is 0.362. The van der Waals surface area contributed by atoms with E-state index in [0.29, 0.717) is 31.5 Å². The summed E-state index contributed by atoms with van der Waals surface area (Å²) in [5, 5.41) is 4.10. The van der Waals surface area contributed by atoms with Crippen LogP contribution in [0.1, 0.15) is 37.8 Å². The zero-order valence-corrected chi connectivity index (χ0v) is 16.3. The molecule has 144 valence electrons. The van der Waals surface area contributed by atoms with Crippen molar-refractivity contribution in [2.75, 3.05) is 19.8 Å². The number of nitrogens with two attached hydrogens (primary N) is 1. The molecule has 2 fully saturated rings. The molecule has 1 aromatic carbocycles. The number of benzene rings is 1. The molecule has 1 heterocycles. The Bertz CT molecular complexity index is 775. The monoisotopic (exact) mass is 368 g/mol. The zero-order chi connectivity index (χ0) is 19.3. The second kappa shape index (κ2) is 8.55. The number of aryl methyl sites for hydroxylation is 1. The van der Waals surface area contributed by atoms with Crippen LogP contribution in [0.15, 0.2) is 28.3 Å². The van der Waals surface area contributed by atoms with Gasteiger partial charge in [0.05, 0.1) is 31.7 Å². The molecule has 1 saturated carbocycles. The standard InChI is InChI=1S/C21H28N4O2/c1-15-4-5-17(9-8-16-6-7-16)10-18(15)25-19(22)11-23-24-12-20-26-13-21(2,3)14-27-20/h4-5,10-11,16,20,24H,6-7,12-14H2,1-3H3,(H2,22,25)/b23-11-. The number of nitrogens with zero attached hydrogens (tertiary/aromatic N) is 2. The van der Waals surface area contributed by atoms with E-state index in [-0.39, 0.29) is 11.7 Å². The Morgan fingerprint density at radius 1 is 1.33 bits per heavy atom. The van der Waals surface area contributed by atoms with Gasteiger partial charge in [-0.25, -0.2) is 4.99 Å². The molecule has 0 amide bonds. The molecule has 1 saturated heterocycles. The molecule has 0 spiro atoms. The van der Waals surface area contributed by atoms with Crippen LogP contribution in [0, 0.1) is 30.1 Å². The number of amidine groups is 1. The molecule has 0 unspecified atom stereocenters. The molecule has 6 nitrogen and oxygen atoms in total. The smallest absolute Gasteiger partial charge is 0.176 e. The minimum absolute atomic E-state index is 0.0618. The lowest BCUT2D eigenvalue weighted by Gasteiger charge is -2.34. The molecule has 27 heavy (non-hydrogen) atoms. The third-order valence-electron chi connectivity index (χ3n) is 4.32. The normalized spacial score (nSPS) is 20.3. The van der Waals surface area contributed by atoms with Crippen molar-refractivity contribution in [1.82, 2.24) is 5.43 Å². The highest BCUT2D eigenvalue weighted by Gasteiger charge is 2.27. The van der Waals surface area contributed by atoms with Crippen LogP contribution in [-0.2, 0) is 9.47 Å². The molecule has 1 aromatic rings. The van der Waals surface area contributed by atoms with E-state index in [9.17, 15) is 0 Å². The maximum absolute atomic E-state index is 5.97. The Labute approximate surface area is 161 Å². The molecule has 3 rings (SSSR count).